The third-order valence-corrected chi connectivity index (χ3v) is 24.4. The number of rotatable bonds is 24. The Morgan fingerprint density at radius 2 is 1.53 bits per heavy atom. The van der Waals surface area contributed by atoms with Gasteiger partial charge in [0.05, 0.1) is 24.4 Å². The van der Waals surface area contributed by atoms with E-state index in [-0.39, 0.29) is 79.5 Å². The number of aromatic nitrogens is 1. The summed E-state index contributed by atoms with van der Waals surface area (Å²) in [6, 6.07) is 13.9. The molecule has 5 aliphatic heterocycles. The number of nitrogens with one attached hydrogen (secondary N) is 3. The van der Waals surface area contributed by atoms with Gasteiger partial charge in [-0.1, -0.05) is 69.2 Å². The molecule has 5 fully saturated rings. The number of carbonyl (C=O) groups excluding carboxylic acids is 6. The molecular formula is C83H123N7O15S. The minimum absolute atomic E-state index is 0.000683. The average molecular weight is 1490 g/mol. The molecule has 1 aliphatic carbocycles. The number of aliphatic hydroxyl groups excluding tert-OH is 1. The molecule has 1 unspecified atom stereocenters. The van der Waals surface area contributed by atoms with Gasteiger partial charge in [-0.15, -0.1) is 0 Å². The van der Waals surface area contributed by atoms with Crippen molar-refractivity contribution >= 4 is 52.7 Å². The highest BCUT2D eigenvalue weighted by atomic mass is 32.2. The van der Waals surface area contributed by atoms with Crippen LogP contribution in [0.2, 0.25) is 0 Å². The maximum absolute atomic E-state index is 14.8. The molecule has 106 heavy (non-hydrogen) atoms. The van der Waals surface area contributed by atoms with Gasteiger partial charge in [0.15, 0.2) is 0 Å². The second-order valence-electron chi connectivity index (χ2n) is 31.2. The van der Waals surface area contributed by atoms with E-state index in [0.29, 0.717) is 87.2 Å². The van der Waals surface area contributed by atoms with Crippen LogP contribution in [0.4, 0.5) is 5.69 Å². The maximum atomic E-state index is 14.8. The third-order valence-electron chi connectivity index (χ3n) is 23.4. The van der Waals surface area contributed by atoms with Crippen LogP contribution in [0.25, 0.3) is 11.1 Å². The van der Waals surface area contributed by atoms with Crippen molar-refractivity contribution in [2.75, 3.05) is 103 Å². The van der Waals surface area contributed by atoms with Crippen LogP contribution in [-0.4, -0.2) is 218 Å². The van der Waals surface area contributed by atoms with E-state index >= 15 is 0 Å². The number of aryl methyl sites for hydroxylation is 2. The first-order valence-electron chi connectivity index (χ1n) is 39.3. The Balaban J connectivity index is 0.781. The van der Waals surface area contributed by atoms with Crippen molar-refractivity contribution < 1.29 is 67.4 Å². The van der Waals surface area contributed by atoms with E-state index in [4.69, 9.17) is 28.4 Å². The molecule has 0 spiro atoms. The Morgan fingerprint density at radius 1 is 0.811 bits per heavy atom. The first kappa shape index (κ1) is 83.9. The monoisotopic (exact) mass is 1490 g/mol. The van der Waals surface area contributed by atoms with Crippen LogP contribution in [0.1, 0.15) is 183 Å². The summed E-state index contributed by atoms with van der Waals surface area (Å²) in [6.07, 6.45) is 9.14. The topological polar surface area (TPSA) is 268 Å². The van der Waals surface area contributed by atoms with Crippen molar-refractivity contribution in [2.24, 2.45) is 29.6 Å². The number of ether oxygens (including phenoxy) is 6. The van der Waals surface area contributed by atoms with Gasteiger partial charge in [0.1, 0.15) is 24.0 Å². The quantitative estimate of drug-likeness (QED) is 0.0241. The maximum Gasteiger partial charge on any atom is 0.329 e. The molecule has 5 N–H and O–H groups in total. The largest absolute Gasteiger partial charge is 0.456 e. The van der Waals surface area contributed by atoms with E-state index < -0.39 is 77.8 Å². The summed E-state index contributed by atoms with van der Waals surface area (Å²) in [5.74, 6) is -6.55. The summed E-state index contributed by atoms with van der Waals surface area (Å²) in [5, 5.41) is 30.7. The van der Waals surface area contributed by atoms with Gasteiger partial charge in [-0.05, 0) is 194 Å². The number of piperidine rings is 1. The number of carbonyl (C=O) groups is 6. The first-order chi connectivity index (χ1) is 50.8. The molecule has 586 valence electrons. The number of methoxy groups -OCH3 is 3. The fraction of sp³-hybridized carbons (Fsp3) is 0.675. The second-order valence-corrected chi connectivity index (χ2v) is 32.4. The van der Waals surface area contributed by atoms with Crippen LogP contribution in [-0.2, 0) is 65.5 Å². The lowest BCUT2D eigenvalue weighted by atomic mass is 9.82. The molecule has 2 aromatic carbocycles. The molecule has 6 heterocycles. The van der Waals surface area contributed by atoms with Gasteiger partial charge < -0.3 is 64.1 Å². The Kier molecular flexibility index (Phi) is 31.7. The number of hydrogen-bond donors (Lipinski definition) is 5. The number of cyclic esters (lactones) is 1. The van der Waals surface area contributed by atoms with E-state index in [9.17, 15) is 43.8 Å². The molecule has 6 aliphatic rings. The molecule has 13 atom stereocenters. The fourth-order valence-corrected chi connectivity index (χ4v) is 17.9. The zero-order valence-electron chi connectivity index (χ0n) is 65.3. The average Bonchev–Trinajstić information content (AvgIpc) is 0.898. The van der Waals surface area contributed by atoms with Gasteiger partial charge in [-0.2, -0.15) is 11.8 Å². The lowest BCUT2D eigenvalue weighted by Crippen LogP contribution is -2.64. The normalized spacial score (nSPS) is 28.9. The number of hydrogen-bond acceptors (Lipinski definition) is 19. The molecule has 23 heteroatoms. The van der Waals surface area contributed by atoms with Crippen molar-refractivity contribution in [1.82, 2.24) is 30.3 Å². The van der Waals surface area contributed by atoms with Crippen molar-refractivity contribution in [3.63, 3.8) is 0 Å². The smallest absolute Gasteiger partial charge is 0.329 e. The zero-order chi connectivity index (χ0) is 76.4. The molecule has 3 aromatic rings. The summed E-state index contributed by atoms with van der Waals surface area (Å²) in [6.45, 7) is 25.4. The lowest BCUT2D eigenvalue weighted by molar-refractivity contribution is -0.302. The Morgan fingerprint density at radius 3 is 2.23 bits per heavy atom. The standard InChI is InChI=1S/C83H123N7O15S/c1-13-89(65-26-36-103-37-27-65)70-48-64(47-67(58(70)8)79(95)85-50-68-54(4)43-57(7)86-80(68)96)62-24-22-60(23-25-62)51-88-34-32-87(33-35-88)31-29-84-75(93)28-39-106-38-17-19-63-41-52(2)40-53(3)42-73(101-11)77-74(102-12)45-56(6)83(99,105-77)78(94)81(97)90-30-15-14-21-69(90)82(98)104-76(59(9)71(91)49-72(63)92)55(5)44-61-18-16-20-66(46-61)100-10/h22-25,41,43-44,47-48,53,56,59,61,63,65-66,69,71,73-74,76-77,91,99H,13-21,26-40,42,45-46,49-51H2,1-12H3,(H,84,93)(H,85,95)(H,86,96)/b52-41+,55-44+/t53-,56+,59+,61-,63+,66-,69?,71-,73-,74-,76+,77+,83+/m0/s1. The number of H-pyrrole nitrogens is 1. The van der Waals surface area contributed by atoms with E-state index in [1.165, 1.54) is 10.5 Å². The molecule has 1 aromatic heterocycles. The molecular weight excluding hydrogens is 1370 g/mol. The second kappa shape index (κ2) is 40.0. The van der Waals surface area contributed by atoms with Crippen molar-refractivity contribution in [3.05, 3.63) is 110 Å². The van der Waals surface area contributed by atoms with Gasteiger partial charge in [0.2, 0.25) is 11.7 Å². The Labute approximate surface area is 633 Å². The van der Waals surface area contributed by atoms with Crippen LogP contribution in [0.3, 0.4) is 0 Å². The molecule has 9 rings (SSSR count). The van der Waals surface area contributed by atoms with Gasteiger partial charge >= 0.3 is 5.97 Å². The number of Topliss-reactive ketones (excluding diaryl/α,β-unsaturated/α-hetero) is 2. The molecule has 0 radical (unpaired) electrons. The summed E-state index contributed by atoms with van der Waals surface area (Å²) >= 11 is 1.68. The number of ketones is 2. The molecule has 4 saturated heterocycles. The van der Waals surface area contributed by atoms with E-state index in [1.54, 1.807) is 46.9 Å². The zero-order valence-corrected chi connectivity index (χ0v) is 66.1. The van der Waals surface area contributed by atoms with Crippen molar-refractivity contribution in [2.45, 2.75) is 233 Å². The van der Waals surface area contributed by atoms with Gasteiger partial charge in [0, 0.05) is 165 Å². The summed E-state index contributed by atoms with van der Waals surface area (Å²) in [4.78, 5) is 110. The number of aliphatic hydroxyl groups is 2. The number of anilines is 1. The highest BCUT2D eigenvalue weighted by Crippen LogP contribution is 2.41. The molecule has 3 amide bonds. The first-order valence-corrected chi connectivity index (χ1v) is 40.4. The van der Waals surface area contributed by atoms with Crippen LogP contribution in [0, 0.1) is 50.4 Å². The van der Waals surface area contributed by atoms with Crippen LogP contribution >= 0.6 is 11.8 Å². The van der Waals surface area contributed by atoms with Gasteiger partial charge in [-0.3, -0.25) is 38.6 Å². The number of piperazine rings is 1. The SMILES string of the molecule is CCN(c1cc(-c2ccc(CN3CCN(CCNC(=O)CCSCCC[C@@H]4/C=C(\C)C[C@H](C)C[C@H](OC)[C@H]5O[C@@](O)(C(=O)C(=O)N6CCCCC6C(=O)O[C@H](/C(C)=C/[C@@H]6CCC[C@H](OC)C6)[C@H](C)[C@@H](O)CC4=O)[C@H](C)C[C@@H]5OC)CC3)cc2)cc(C(=O)NCc2c(C)cc(C)[nH]c2=O)c1C)C1CCOCC1. The summed E-state index contributed by atoms with van der Waals surface area (Å²) in [5.41, 5.74) is 9.33. The van der Waals surface area contributed by atoms with E-state index in [1.807, 2.05) is 52.8 Å². The van der Waals surface area contributed by atoms with Crippen LogP contribution < -0.4 is 21.1 Å². The number of thioether (sulfide) groups is 1. The predicted octanol–water partition coefficient (Wildman–Crippen LogP) is 10.1. The minimum atomic E-state index is -2.54. The van der Waals surface area contributed by atoms with Crippen molar-refractivity contribution in [1.29, 1.82) is 0 Å². The molecule has 2 bridgehead atoms. The number of esters is 1. The number of aromatic amines is 1. The predicted molar refractivity (Wildman–Crippen MR) is 413 cm³/mol. The van der Waals surface area contributed by atoms with Crippen LogP contribution in [0.5, 0.6) is 0 Å². The van der Waals surface area contributed by atoms with Gasteiger partial charge in [0.25, 0.3) is 23.2 Å². The number of allylic oxidation sites excluding steroid dienone is 3. The number of nitrogens with zero attached hydrogens (tertiary/aromatic N) is 4. The Bertz CT molecular complexity index is 3570. The Hall–Kier alpha value is -6.12. The van der Waals surface area contributed by atoms with E-state index in [2.05, 4.69) is 80.6 Å². The summed E-state index contributed by atoms with van der Waals surface area (Å²) in [7, 11) is 4.79. The summed E-state index contributed by atoms with van der Waals surface area (Å²) < 4.78 is 36.3. The molecule has 1 saturated carbocycles. The molecule has 22 nitrogen and oxygen atoms in total. The highest BCUT2D eigenvalue weighted by molar-refractivity contribution is 7.99. The van der Waals surface area contributed by atoms with E-state index in [0.717, 1.165) is 129 Å². The van der Waals surface area contributed by atoms with Gasteiger partial charge in [-0.25, -0.2) is 4.79 Å². The number of fused-ring (bicyclic) bond motifs is 3. The third kappa shape index (κ3) is 22.1. The lowest BCUT2D eigenvalue weighted by Gasteiger charge is -2.47. The number of pyridine rings is 1. The number of amides is 3. The minimum Gasteiger partial charge on any atom is -0.456 e. The fourth-order valence-electron chi connectivity index (χ4n) is 17.0. The van der Waals surface area contributed by atoms with Crippen molar-refractivity contribution in [3.8, 4) is 11.1 Å². The highest BCUT2D eigenvalue weighted by Gasteiger charge is 2.57. The number of benzene rings is 2. The van der Waals surface area contributed by atoms with Crippen LogP contribution in [0.15, 0.2) is 70.6 Å².